The zero-order chi connectivity index (χ0) is 9.42. The van der Waals surface area contributed by atoms with Crippen LogP contribution in [0, 0.1) is 0 Å². The summed E-state index contributed by atoms with van der Waals surface area (Å²) < 4.78 is 0. The van der Waals surface area contributed by atoms with Gasteiger partial charge < -0.3 is 5.73 Å². The molecule has 13 heavy (non-hydrogen) atoms. The summed E-state index contributed by atoms with van der Waals surface area (Å²) in [5.41, 5.74) is 7.56. The van der Waals surface area contributed by atoms with E-state index in [9.17, 15) is 5.21 Å². The molecule has 3 N–H and O–H groups in total. The summed E-state index contributed by atoms with van der Waals surface area (Å²) in [7, 11) is 0. The molecule has 1 heterocycles. The molecule has 4 heteroatoms. The zero-order valence-electron chi connectivity index (χ0n) is 7.07. The number of rotatable bonds is 0. The molecule has 1 aromatic rings. The summed E-state index contributed by atoms with van der Waals surface area (Å²) in [6.07, 6.45) is 0.795. The third-order valence-electron chi connectivity index (χ3n) is 2.21. The predicted octanol–water partition coefficient (Wildman–Crippen LogP) is 1.42. The van der Waals surface area contributed by atoms with Crippen molar-refractivity contribution in [2.24, 2.45) is 5.73 Å². The van der Waals surface area contributed by atoms with Gasteiger partial charge in [0, 0.05) is 11.1 Å². The molecule has 0 radical (unpaired) electrons. The maximum atomic E-state index is 9.55. The van der Waals surface area contributed by atoms with Crippen molar-refractivity contribution in [2.45, 2.75) is 12.5 Å². The number of nitrogens with zero attached hydrogens (tertiary/aromatic N) is 1. The van der Waals surface area contributed by atoms with E-state index in [4.69, 9.17) is 17.3 Å². The standard InChI is InChI=1S/C9H11ClN2O/c10-7-2-1-6-3-8(11)5-12(13)9(6)4-7/h1-2,4,8,13H,3,5,11H2/t8-/m0/s1. The van der Waals surface area contributed by atoms with E-state index in [2.05, 4.69) is 0 Å². The number of halogens is 1. The lowest BCUT2D eigenvalue weighted by Gasteiger charge is -2.29. The highest BCUT2D eigenvalue weighted by Gasteiger charge is 2.20. The van der Waals surface area contributed by atoms with Gasteiger partial charge in [0.25, 0.3) is 0 Å². The van der Waals surface area contributed by atoms with Crippen LogP contribution >= 0.6 is 11.6 Å². The van der Waals surface area contributed by atoms with Gasteiger partial charge in [0.05, 0.1) is 12.2 Å². The molecule has 0 saturated carbocycles. The van der Waals surface area contributed by atoms with Crippen LogP contribution in [-0.2, 0) is 6.42 Å². The monoisotopic (exact) mass is 198 g/mol. The van der Waals surface area contributed by atoms with Gasteiger partial charge in [-0.1, -0.05) is 17.7 Å². The molecule has 3 nitrogen and oxygen atoms in total. The van der Waals surface area contributed by atoms with Crippen molar-refractivity contribution in [1.29, 1.82) is 0 Å². The molecule has 0 aliphatic carbocycles. The van der Waals surface area contributed by atoms with E-state index in [0.717, 1.165) is 22.7 Å². The Hall–Kier alpha value is -0.770. The molecule has 70 valence electrons. The average molecular weight is 199 g/mol. The van der Waals surface area contributed by atoms with Crippen LogP contribution in [0.2, 0.25) is 5.02 Å². The lowest BCUT2D eigenvalue weighted by atomic mass is 10.0. The molecule has 2 rings (SSSR count). The van der Waals surface area contributed by atoms with Gasteiger partial charge in [-0.15, -0.1) is 0 Å². The van der Waals surface area contributed by atoms with Crippen molar-refractivity contribution < 1.29 is 5.21 Å². The van der Waals surface area contributed by atoms with Crippen molar-refractivity contribution in [3.05, 3.63) is 28.8 Å². The molecule has 1 aromatic carbocycles. The Morgan fingerprint density at radius 2 is 2.31 bits per heavy atom. The average Bonchev–Trinajstić information content (AvgIpc) is 2.06. The van der Waals surface area contributed by atoms with E-state index in [0.29, 0.717) is 11.6 Å². The van der Waals surface area contributed by atoms with Gasteiger partial charge in [0.1, 0.15) is 0 Å². The van der Waals surface area contributed by atoms with Gasteiger partial charge in [-0.25, -0.2) is 0 Å². The Bertz CT molecular complexity index is 329. The minimum Gasteiger partial charge on any atom is -0.326 e. The number of benzene rings is 1. The summed E-state index contributed by atoms with van der Waals surface area (Å²) in [5, 5.41) is 11.3. The van der Waals surface area contributed by atoms with Crippen LogP contribution in [0.5, 0.6) is 0 Å². The Morgan fingerprint density at radius 1 is 1.54 bits per heavy atom. The first-order valence-corrected chi connectivity index (χ1v) is 4.55. The van der Waals surface area contributed by atoms with Crippen LogP contribution in [0.25, 0.3) is 0 Å². The summed E-state index contributed by atoms with van der Waals surface area (Å²) in [6.45, 7) is 0.466. The third-order valence-corrected chi connectivity index (χ3v) is 2.45. The van der Waals surface area contributed by atoms with Gasteiger partial charge in [-0.2, -0.15) is 0 Å². The number of fused-ring (bicyclic) bond motifs is 1. The van der Waals surface area contributed by atoms with Crippen LogP contribution in [0.1, 0.15) is 5.56 Å². The van der Waals surface area contributed by atoms with Crippen molar-refractivity contribution in [3.8, 4) is 0 Å². The highest BCUT2D eigenvalue weighted by atomic mass is 35.5. The lowest BCUT2D eigenvalue weighted by Crippen LogP contribution is -2.41. The zero-order valence-corrected chi connectivity index (χ0v) is 7.83. The highest BCUT2D eigenvalue weighted by Crippen LogP contribution is 2.28. The second-order valence-corrected chi connectivity index (χ2v) is 3.76. The minimum absolute atomic E-state index is 0.00123. The predicted molar refractivity (Wildman–Crippen MR) is 52.3 cm³/mol. The third kappa shape index (κ3) is 1.63. The first-order chi connectivity index (χ1) is 6.16. The second-order valence-electron chi connectivity index (χ2n) is 3.32. The van der Waals surface area contributed by atoms with Gasteiger partial charge in [0.15, 0.2) is 0 Å². The molecular formula is C9H11ClN2O. The molecule has 1 aliphatic heterocycles. The minimum atomic E-state index is -0.00123. The number of anilines is 1. The molecule has 0 saturated heterocycles. The summed E-state index contributed by atoms with van der Waals surface area (Å²) in [4.78, 5) is 0. The summed E-state index contributed by atoms with van der Waals surface area (Å²) >= 11 is 5.81. The number of nitrogens with two attached hydrogens (primary N) is 1. The maximum Gasteiger partial charge on any atom is 0.0682 e. The fourth-order valence-electron chi connectivity index (χ4n) is 1.62. The molecule has 0 unspecified atom stereocenters. The second kappa shape index (κ2) is 3.18. The van der Waals surface area contributed by atoms with Crippen LogP contribution < -0.4 is 10.8 Å². The van der Waals surface area contributed by atoms with Crippen molar-refractivity contribution >= 4 is 17.3 Å². The lowest BCUT2D eigenvalue weighted by molar-refractivity contribution is 0.238. The smallest absolute Gasteiger partial charge is 0.0682 e. The molecule has 0 bridgehead atoms. The van der Waals surface area contributed by atoms with E-state index in [1.807, 2.05) is 12.1 Å². The van der Waals surface area contributed by atoms with Crippen LogP contribution in [0.15, 0.2) is 18.2 Å². The molecule has 1 atom stereocenters. The van der Waals surface area contributed by atoms with E-state index in [-0.39, 0.29) is 6.04 Å². The van der Waals surface area contributed by atoms with Crippen LogP contribution in [-0.4, -0.2) is 17.8 Å². The highest BCUT2D eigenvalue weighted by molar-refractivity contribution is 6.30. The van der Waals surface area contributed by atoms with Crippen molar-refractivity contribution in [3.63, 3.8) is 0 Å². The fourth-order valence-corrected chi connectivity index (χ4v) is 1.78. The molecule has 0 aromatic heterocycles. The first kappa shape index (κ1) is 8.81. The normalized spacial score (nSPS) is 21.5. The van der Waals surface area contributed by atoms with Gasteiger partial charge >= 0.3 is 0 Å². The number of hydrogen-bond acceptors (Lipinski definition) is 3. The van der Waals surface area contributed by atoms with E-state index >= 15 is 0 Å². The van der Waals surface area contributed by atoms with Crippen LogP contribution in [0.4, 0.5) is 5.69 Å². The molecule has 1 aliphatic rings. The Labute approximate surface area is 81.7 Å². The number of hydrogen-bond donors (Lipinski definition) is 2. The molecule has 0 fully saturated rings. The number of hydroxylamine groups is 1. The van der Waals surface area contributed by atoms with E-state index in [1.165, 1.54) is 0 Å². The summed E-state index contributed by atoms with van der Waals surface area (Å²) in [6, 6.07) is 5.47. The molecule has 0 spiro atoms. The van der Waals surface area contributed by atoms with Gasteiger partial charge in [0.2, 0.25) is 0 Å². The van der Waals surface area contributed by atoms with Gasteiger partial charge in [-0.3, -0.25) is 10.3 Å². The Balaban J connectivity index is 2.43. The first-order valence-electron chi connectivity index (χ1n) is 4.17. The topological polar surface area (TPSA) is 49.5 Å². The summed E-state index contributed by atoms with van der Waals surface area (Å²) in [5.74, 6) is 0. The van der Waals surface area contributed by atoms with Gasteiger partial charge in [-0.05, 0) is 24.1 Å². The fraction of sp³-hybridized carbons (Fsp3) is 0.333. The Kier molecular flexibility index (Phi) is 2.15. The van der Waals surface area contributed by atoms with E-state index < -0.39 is 0 Å². The Morgan fingerprint density at radius 3 is 3.08 bits per heavy atom. The van der Waals surface area contributed by atoms with Crippen molar-refractivity contribution in [2.75, 3.05) is 11.6 Å². The van der Waals surface area contributed by atoms with Crippen molar-refractivity contribution in [1.82, 2.24) is 0 Å². The maximum absolute atomic E-state index is 9.55. The van der Waals surface area contributed by atoms with Crippen LogP contribution in [0.3, 0.4) is 0 Å². The quantitative estimate of drug-likeness (QED) is 0.663. The molecule has 0 amide bonds. The molecular weight excluding hydrogens is 188 g/mol. The van der Waals surface area contributed by atoms with E-state index in [1.54, 1.807) is 6.07 Å². The SMILES string of the molecule is N[C@H]1Cc2ccc(Cl)cc2N(O)C1. The largest absolute Gasteiger partial charge is 0.326 e.